The average molecular weight is 1330 g/mol. The second-order valence-corrected chi connectivity index (χ2v) is 27.3. The number of aromatic hydroxyl groups is 1. The minimum absolute atomic E-state index is 0.00349. The molecule has 0 saturated carbocycles. The fourth-order valence-electron chi connectivity index (χ4n) is 13.5. The van der Waals surface area contributed by atoms with E-state index in [1.807, 2.05) is 45.9 Å². The molecule has 2 aromatic heterocycles. The minimum atomic E-state index is -0.613. The van der Waals surface area contributed by atoms with Crippen LogP contribution in [0.1, 0.15) is 241 Å². The van der Waals surface area contributed by atoms with Gasteiger partial charge in [0, 0.05) is 92.5 Å². The van der Waals surface area contributed by atoms with Crippen LogP contribution >= 0.6 is 0 Å². The number of phenolic OH excluding ortho intramolecular Hbond substituents is 1. The first-order chi connectivity index (χ1) is 46.2. The van der Waals surface area contributed by atoms with Crippen LogP contribution in [0.3, 0.4) is 0 Å². The Morgan fingerprint density at radius 1 is 0.833 bits per heavy atom. The number of nitrogens with zero attached hydrogens (tertiary/aromatic N) is 7. The molecule has 4 aliphatic rings. The highest BCUT2D eigenvalue weighted by Crippen LogP contribution is 2.40. The summed E-state index contributed by atoms with van der Waals surface area (Å²) in [4.78, 5) is 55.4. The molecule has 96 heavy (non-hydrogen) atoms. The zero-order valence-electron chi connectivity index (χ0n) is 62.8. The molecule has 6 heterocycles. The number of benzene rings is 3. The molecular formula is C82H128FN7O6. The number of pyridine rings is 1. The molecule has 13 nitrogen and oxygen atoms in total. The Hall–Kier alpha value is -6.27. The van der Waals surface area contributed by atoms with Crippen molar-refractivity contribution < 1.29 is 33.4 Å². The van der Waals surface area contributed by atoms with Crippen LogP contribution in [-0.2, 0) is 19.1 Å². The van der Waals surface area contributed by atoms with Crippen LogP contribution in [0.15, 0.2) is 67.4 Å². The predicted octanol–water partition coefficient (Wildman–Crippen LogP) is 19.6. The molecule has 4 aliphatic heterocycles. The van der Waals surface area contributed by atoms with Gasteiger partial charge in [0.15, 0.2) is 5.82 Å². The van der Waals surface area contributed by atoms with Gasteiger partial charge in [0.05, 0.1) is 19.1 Å². The molecule has 3 aromatic carbocycles. The fourth-order valence-corrected chi connectivity index (χ4v) is 13.5. The van der Waals surface area contributed by atoms with Crippen LogP contribution in [0.25, 0.3) is 32.9 Å². The first kappa shape index (κ1) is 84.0. The van der Waals surface area contributed by atoms with Gasteiger partial charge in [-0.3, -0.25) is 19.5 Å². The van der Waals surface area contributed by atoms with Crippen LogP contribution in [0, 0.1) is 54.7 Å². The summed E-state index contributed by atoms with van der Waals surface area (Å²) in [6.45, 7) is 40.4. The number of phenols is 1. The molecule has 534 valence electrons. The zero-order valence-corrected chi connectivity index (χ0v) is 62.8. The standard InChI is InChI=1S/C28H48N2O.C26H23FN4O2.C10H20O.C9H17NO.C4H10.C3H6.C2H4O/c1-7-10-24(14-12-22(4)9-3)21-30-18-16-25(17-19-30)26-15-13-23(5)27(20-26)29(6)28(31)11-8-2;1-4-16-8-5-9-17-11-18(32)12-19(21(16)17)23-22(27)24-20(13-28-23)25(30-26(29-24)33-3)31-10-6-7-15(2)14-31;1-5-7-9(4)10(11)8(3)6-2;1-11-7-9-5-4-8-3-2-6-10(8)9;1-3-4-2;1-3-2;1-2-3/h13,15,20,22,24-25H,7-12,14,16-19,21H2,1-6H3;1,5,8-9,11-13,15,32H,6-7,10,14H2,2-3H3;8-9H,5-7H2,1-4H3;8-9H,2-7H2,1H3;3-4H2,1-2H3;3H,1H2,2H3;2H,1H3. The third kappa shape index (κ3) is 26.2. The molecule has 7 unspecified atom stereocenters. The van der Waals surface area contributed by atoms with Crippen molar-refractivity contribution in [2.75, 3.05) is 76.9 Å². The summed E-state index contributed by atoms with van der Waals surface area (Å²) in [7, 11) is 5.20. The molecule has 0 bridgehead atoms. The topological polar surface area (TPSA) is 142 Å². The Balaban J connectivity index is 0.000000346. The number of ether oxygens (including phenoxy) is 2. The van der Waals surface area contributed by atoms with Crippen molar-refractivity contribution in [3.63, 3.8) is 0 Å². The van der Waals surface area contributed by atoms with E-state index in [4.69, 9.17) is 20.7 Å². The molecule has 0 radical (unpaired) electrons. The third-order valence-electron chi connectivity index (χ3n) is 19.5. The van der Waals surface area contributed by atoms with Gasteiger partial charge in [-0.1, -0.05) is 151 Å². The average Bonchev–Trinajstić information content (AvgIpc) is 0.835. The number of unbranched alkanes of at least 4 members (excludes halogenated alkanes) is 1. The lowest BCUT2D eigenvalue weighted by atomic mass is 9.87. The van der Waals surface area contributed by atoms with E-state index in [0.29, 0.717) is 57.1 Å². The van der Waals surface area contributed by atoms with Gasteiger partial charge in [0.25, 0.3) is 0 Å². The van der Waals surface area contributed by atoms with Gasteiger partial charge >= 0.3 is 6.01 Å². The number of allylic oxidation sites excluding steroid dienone is 1. The summed E-state index contributed by atoms with van der Waals surface area (Å²) < 4.78 is 26.5. The molecule has 0 spiro atoms. The summed E-state index contributed by atoms with van der Waals surface area (Å²) in [5.41, 5.74) is 4.87. The van der Waals surface area contributed by atoms with Crippen LogP contribution in [0.4, 0.5) is 15.9 Å². The lowest BCUT2D eigenvalue weighted by Crippen LogP contribution is -2.36. The van der Waals surface area contributed by atoms with Crippen molar-refractivity contribution in [1.29, 1.82) is 0 Å². The van der Waals surface area contributed by atoms with Crippen LogP contribution in [0.5, 0.6) is 11.8 Å². The number of methoxy groups -OCH3 is 2. The Labute approximate surface area is 581 Å². The number of hydrogen-bond donors (Lipinski definition) is 1. The van der Waals surface area contributed by atoms with Crippen LogP contribution < -0.4 is 14.5 Å². The lowest BCUT2D eigenvalue weighted by molar-refractivity contribution is -0.126. The number of rotatable bonds is 23. The number of aldehydes is 1. The number of carbonyl (C=O) groups excluding carboxylic acids is 3. The molecule has 7 atom stereocenters. The summed E-state index contributed by atoms with van der Waals surface area (Å²) in [5, 5.41) is 12.2. The van der Waals surface area contributed by atoms with E-state index in [9.17, 15) is 14.7 Å². The van der Waals surface area contributed by atoms with E-state index in [-0.39, 0.29) is 40.7 Å². The largest absolute Gasteiger partial charge is 0.508 e. The quantitative estimate of drug-likeness (QED) is 0.0378. The highest BCUT2D eigenvalue weighted by atomic mass is 19.1. The van der Waals surface area contributed by atoms with Gasteiger partial charge in [-0.05, 0) is 188 Å². The highest BCUT2D eigenvalue weighted by molar-refractivity contribution is 6.03. The molecule has 4 saturated heterocycles. The number of likely N-dealkylation sites (tertiary alicyclic amines) is 1. The summed E-state index contributed by atoms with van der Waals surface area (Å²) >= 11 is 0. The number of amides is 1. The van der Waals surface area contributed by atoms with E-state index in [2.05, 4.69) is 130 Å². The van der Waals surface area contributed by atoms with Gasteiger partial charge in [-0.15, -0.1) is 13.0 Å². The Kier molecular flexibility index (Phi) is 40.3. The monoisotopic (exact) mass is 1330 g/mol. The molecule has 1 N–H and O–H groups in total. The van der Waals surface area contributed by atoms with Gasteiger partial charge in [0.2, 0.25) is 5.91 Å². The minimum Gasteiger partial charge on any atom is -0.508 e. The first-order valence-corrected chi connectivity index (χ1v) is 36.9. The molecule has 14 heteroatoms. The van der Waals surface area contributed by atoms with Gasteiger partial charge in [-0.25, -0.2) is 4.39 Å². The van der Waals surface area contributed by atoms with Crippen molar-refractivity contribution in [3.05, 3.63) is 89.9 Å². The lowest BCUT2D eigenvalue weighted by Gasteiger charge is -2.35. The number of carbonyl (C=O) groups is 3. The van der Waals surface area contributed by atoms with E-state index in [0.717, 1.165) is 94.1 Å². The highest BCUT2D eigenvalue weighted by Gasteiger charge is 2.36. The number of halogens is 1. The third-order valence-corrected chi connectivity index (χ3v) is 19.5. The molecular weight excluding hydrogens is 1200 g/mol. The molecule has 0 aliphatic carbocycles. The second kappa shape index (κ2) is 46.1. The van der Waals surface area contributed by atoms with E-state index in [1.165, 1.54) is 141 Å². The van der Waals surface area contributed by atoms with Gasteiger partial charge in [0.1, 0.15) is 34.8 Å². The maximum absolute atomic E-state index is 16.0. The maximum Gasteiger partial charge on any atom is 0.318 e. The van der Waals surface area contributed by atoms with Crippen LogP contribution in [0.2, 0.25) is 0 Å². The molecule has 4 fully saturated rings. The van der Waals surface area contributed by atoms with E-state index < -0.39 is 5.82 Å². The number of ketones is 1. The van der Waals surface area contributed by atoms with Gasteiger partial charge < -0.3 is 34.1 Å². The van der Waals surface area contributed by atoms with Crippen molar-refractivity contribution in [2.45, 2.75) is 243 Å². The molecule has 1 amide bonds. The number of fused-ring (bicyclic) bond motifs is 3. The van der Waals surface area contributed by atoms with Crippen molar-refractivity contribution in [1.82, 2.24) is 24.8 Å². The molecule has 9 rings (SSSR count). The fraction of sp³-hybridized carbons (Fsp3) is 0.634. The predicted molar refractivity (Wildman–Crippen MR) is 403 cm³/mol. The van der Waals surface area contributed by atoms with Crippen molar-refractivity contribution in [2.24, 2.45) is 29.6 Å². The zero-order chi connectivity index (χ0) is 71.3. The normalized spacial score (nSPS) is 18.0. The van der Waals surface area contributed by atoms with Crippen LogP contribution in [-0.4, -0.2) is 127 Å². The summed E-state index contributed by atoms with van der Waals surface area (Å²) in [6.07, 6.45) is 34.1. The SMILES string of the molecule is C#Cc1cccc2cc(O)cc(-c3ncc4c(N5CCCC(C)C5)nc(OC)nc4c3F)c12.C=CC.CC=O.CCCC.CCCC(=O)N(C)c1cc(C2CCN(CC(CCC)CCC(C)CC)CC2)ccc1C.CCCC(C)C(=O)C(C)CC.COCC1CCC2CCCN21. The number of anilines is 2. The summed E-state index contributed by atoms with van der Waals surface area (Å²) in [6, 6.07) is 17.0. The number of aryl methyl sites for hydroxylation is 1. The number of Topliss-reactive ketones (excluding diaryl/α,β-unsaturated/α-hetero) is 1. The smallest absolute Gasteiger partial charge is 0.318 e. The van der Waals surface area contributed by atoms with E-state index in [1.54, 1.807) is 30.5 Å². The van der Waals surface area contributed by atoms with Crippen molar-refractivity contribution >= 4 is 51.2 Å². The number of piperidine rings is 2. The van der Waals surface area contributed by atoms with Crippen molar-refractivity contribution in [3.8, 4) is 35.4 Å². The van der Waals surface area contributed by atoms with Gasteiger partial charge in [-0.2, -0.15) is 9.97 Å². The Morgan fingerprint density at radius 3 is 2.10 bits per heavy atom. The number of terminal acetylenes is 1. The maximum atomic E-state index is 16.0. The second-order valence-electron chi connectivity index (χ2n) is 27.3. The van der Waals surface area contributed by atoms with E-state index >= 15 is 4.39 Å². The molecule has 5 aromatic rings. The first-order valence-electron chi connectivity index (χ1n) is 36.9. The number of aromatic nitrogens is 3. The Bertz CT molecular complexity index is 3110. The summed E-state index contributed by atoms with van der Waals surface area (Å²) in [5.74, 6) is 6.69. The number of hydrogen-bond acceptors (Lipinski definition) is 12. The Morgan fingerprint density at radius 2 is 1.51 bits per heavy atom.